The third-order valence-corrected chi connectivity index (χ3v) is 10.6. The van der Waals surface area contributed by atoms with Gasteiger partial charge in [0, 0.05) is 22.3 Å². The van der Waals surface area contributed by atoms with Gasteiger partial charge in [-0.15, -0.1) is 40.9 Å². The molecule has 332 valence electrons. The number of halogens is 12. The van der Waals surface area contributed by atoms with Crippen molar-refractivity contribution in [2.45, 2.75) is 92.4 Å². The van der Waals surface area contributed by atoms with Crippen LogP contribution < -0.4 is 9.47 Å². The fraction of sp³-hybridized carbons (Fsp3) is 0.385. The van der Waals surface area contributed by atoms with Crippen molar-refractivity contribution >= 4 is 0 Å². The highest BCUT2D eigenvalue weighted by atomic mass is 19.4. The summed E-state index contributed by atoms with van der Waals surface area (Å²) in [5, 5.41) is 25.5. The Kier molecular flexibility index (Phi) is 10.2. The highest BCUT2D eigenvalue weighted by molar-refractivity contribution is 5.38. The molecule has 0 aromatic heterocycles. The lowest BCUT2D eigenvalue weighted by Gasteiger charge is -2.36. The first-order chi connectivity index (χ1) is 29.5. The van der Waals surface area contributed by atoms with Gasteiger partial charge in [0.2, 0.25) is 6.29 Å². The van der Waals surface area contributed by atoms with Crippen molar-refractivity contribution in [3.05, 3.63) is 130 Å². The van der Waals surface area contributed by atoms with Crippen LogP contribution in [-0.4, -0.2) is 36.8 Å². The molecule has 8 rings (SSSR count). The average Bonchev–Trinajstić information content (AvgIpc) is 4.04. The smallest absolute Gasteiger partial charge is 0.442 e. The molecule has 4 aliphatic rings. The Morgan fingerprint density at radius 3 is 0.889 bits per heavy atom. The van der Waals surface area contributed by atoms with E-state index in [1.54, 1.807) is 6.92 Å². The molecule has 4 aromatic rings. The van der Waals surface area contributed by atoms with Gasteiger partial charge in [0.25, 0.3) is 0 Å². The van der Waals surface area contributed by atoms with Crippen molar-refractivity contribution in [3.8, 4) is 11.5 Å². The van der Waals surface area contributed by atoms with Crippen LogP contribution in [0.2, 0.25) is 0 Å². The zero-order valence-electron chi connectivity index (χ0n) is 31.9. The number of rotatable bonds is 17. The first-order valence-electron chi connectivity index (χ1n) is 18.5. The van der Waals surface area contributed by atoms with Gasteiger partial charge in [-0.25, -0.2) is 0 Å². The van der Waals surface area contributed by atoms with Gasteiger partial charge in [-0.05, 0) is 41.8 Å². The number of alkyl halides is 12. The summed E-state index contributed by atoms with van der Waals surface area (Å²) in [5.74, 6) is -1.92. The molecular formula is C39H28F12N8O4. The standard InChI is InChI=1S/C39H28F12N8O4/c1-2-31(60-20-22-3-7-24(8-4-22)32(52-53-32)36(40,41)42,61-21-23-5-9-25(10-6-23)33(54-55-33)37(43,44)45)19-30(62-28-15-11-26(12-16-28)34(56-57-34)38(46,47)48)63-29-17-13-27(14-18-29)35(58-59-35)39(49,50)51/h3-18,30H,2,19-21H2,1H3. The molecular weight excluding hydrogens is 872 g/mol. The second kappa shape index (κ2) is 14.8. The second-order valence-corrected chi connectivity index (χ2v) is 14.6. The molecule has 0 radical (unpaired) electrons. The molecule has 0 atom stereocenters. The minimum atomic E-state index is -4.83. The molecule has 12 nitrogen and oxygen atoms in total. The Bertz CT molecular complexity index is 2260. The van der Waals surface area contributed by atoms with Crippen LogP contribution >= 0.6 is 0 Å². The van der Waals surface area contributed by atoms with Crippen LogP contribution in [-0.2, 0) is 45.3 Å². The number of ether oxygens (including phenoxy) is 4. The van der Waals surface area contributed by atoms with Gasteiger partial charge in [-0.2, -0.15) is 52.7 Å². The molecule has 0 saturated carbocycles. The highest BCUT2D eigenvalue weighted by Crippen LogP contribution is 2.55. The highest BCUT2D eigenvalue weighted by Gasteiger charge is 2.67. The zero-order valence-corrected chi connectivity index (χ0v) is 31.9. The Balaban J connectivity index is 1.08. The van der Waals surface area contributed by atoms with Crippen LogP contribution in [0.3, 0.4) is 0 Å². The van der Waals surface area contributed by atoms with Crippen LogP contribution in [0, 0.1) is 0 Å². The topological polar surface area (TPSA) is 136 Å². The van der Waals surface area contributed by atoms with Crippen molar-refractivity contribution in [3.63, 3.8) is 0 Å². The van der Waals surface area contributed by atoms with Crippen molar-refractivity contribution in [1.82, 2.24) is 0 Å². The van der Waals surface area contributed by atoms with E-state index >= 15 is 0 Å². The fourth-order valence-corrected chi connectivity index (χ4v) is 6.57. The normalized spacial score (nSPS) is 18.7. The maximum atomic E-state index is 13.7. The molecule has 4 aliphatic heterocycles. The Labute approximate surface area is 346 Å². The van der Waals surface area contributed by atoms with Crippen molar-refractivity contribution in [2.24, 2.45) is 40.9 Å². The summed E-state index contributed by atoms with van der Waals surface area (Å²) in [6.07, 6.45) is -21.2. The number of hydrogen-bond donors (Lipinski definition) is 0. The maximum Gasteiger partial charge on any atom is 0.442 e. The van der Waals surface area contributed by atoms with E-state index in [0.29, 0.717) is 11.1 Å². The summed E-state index contributed by atoms with van der Waals surface area (Å²) in [4.78, 5) is 0. The summed E-state index contributed by atoms with van der Waals surface area (Å²) in [6.45, 7) is 0.955. The molecule has 0 bridgehead atoms. The molecule has 24 heteroatoms. The summed E-state index contributed by atoms with van der Waals surface area (Å²) >= 11 is 0. The minimum Gasteiger partial charge on any atom is -0.455 e. The third kappa shape index (κ3) is 8.09. The number of benzene rings is 4. The molecule has 4 aromatic carbocycles. The van der Waals surface area contributed by atoms with Gasteiger partial charge in [-0.1, -0.05) is 79.7 Å². The summed E-state index contributed by atoms with van der Waals surface area (Å²) in [6, 6.07) is 18.9. The Hall–Kier alpha value is -6.04. The quantitative estimate of drug-likeness (QED) is 0.0770. The van der Waals surface area contributed by atoms with E-state index in [2.05, 4.69) is 40.9 Å². The predicted molar refractivity (Wildman–Crippen MR) is 188 cm³/mol. The molecule has 0 unspecified atom stereocenters. The average molecular weight is 901 g/mol. The van der Waals surface area contributed by atoms with E-state index in [1.165, 1.54) is 48.5 Å². The van der Waals surface area contributed by atoms with Gasteiger partial charge >= 0.3 is 47.4 Å². The van der Waals surface area contributed by atoms with E-state index in [4.69, 9.17) is 18.9 Å². The van der Waals surface area contributed by atoms with Gasteiger partial charge in [0.15, 0.2) is 5.79 Å². The number of nitrogens with zero attached hydrogens (tertiary/aromatic N) is 8. The second-order valence-electron chi connectivity index (χ2n) is 14.6. The van der Waals surface area contributed by atoms with E-state index < -0.39 is 65.9 Å². The first-order valence-corrected chi connectivity index (χ1v) is 18.5. The third-order valence-electron chi connectivity index (χ3n) is 10.6. The molecule has 4 heterocycles. The van der Waals surface area contributed by atoms with E-state index in [0.717, 1.165) is 48.5 Å². The molecule has 0 spiro atoms. The van der Waals surface area contributed by atoms with Crippen molar-refractivity contribution in [2.75, 3.05) is 0 Å². The van der Waals surface area contributed by atoms with Crippen LogP contribution in [0.4, 0.5) is 52.7 Å². The monoisotopic (exact) mass is 900 g/mol. The van der Waals surface area contributed by atoms with Gasteiger partial charge in [-0.3, -0.25) is 0 Å². The molecule has 0 amide bonds. The van der Waals surface area contributed by atoms with Crippen molar-refractivity contribution in [1.29, 1.82) is 0 Å². The summed E-state index contributed by atoms with van der Waals surface area (Å²) in [5.41, 5.74) is -11.4. The first kappa shape index (κ1) is 43.6. The molecule has 0 saturated heterocycles. The van der Waals surface area contributed by atoms with E-state index in [-0.39, 0.29) is 53.4 Å². The Morgan fingerprint density at radius 2 is 0.667 bits per heavy atom. The van der Waals surface area contributed by atoms with Crippen LogP contribution in [0.1, 0.15) is 53.1 Å². The van der Waals surface area contributed by atoms with E-state index in [1.807, 2.05) is 0 Å². The SMILES string of the molecule is CCC(CC(Oc1ccc(C2(C(F)(F)F)N=N2)cc1)Oc1ccc(C2(C(F)(F)F)N=N2)cc1)(OCc1ccc(C2(C(F)(F)F)N=N2)cc1)OCc1ccc(C2(C(F)(F)F)N=N2)cc1. The predicted octanol–water partition coefficient (Wildman–Crippen LogP) is 12.1. The molecule has 0 aliphatic carbocycles. The van der Waals surface area contributed by atoms with Gasteiger partial charge < -0.3 is 18.9 Å². The number of hydrogen-bond acceptors (Lipinski definition) is 12. The minimum absolute atomic E-state index is 0.0393. The van der Waals surface area contributed by atoms with Crippen LogP contribution in [0.15, 0.2) is 138 Å². The lowest BCUT2D eigenvalue weighted by atomic mass is 10.0. The molecule has 0 N–H and O–H groups in total. The fourth-order valence-electron chi connectivity index (χ4n) is 6.57. The Morgan fingerprint density at radius 1 is 0.413 bits per heavy atom. The zero-order chi connectivity index (χ0) is 45.3. The van der Waals surface area contributed by atoms with Crippen LogP contribution in [0.25, 0.3) is 0 Å². The lowest BCUT2D eigenvalue weighted by molar-refractivity contribution is -0.273. The molecule has 63 heavy (non-hydrogen) atoms. The molecule has 0 fully saturated rings. The van der Waals surface area contributed by atoms with Crippen LogP contribution in [0.5, 0.6) is 11.5 Å². The largest absolute Gasteiger partial charge is 0.455 e. The summed E-state index contributed by atoms with van der Waals surface area (Å²) < 4.78 is 189. The summed E-state index contributed by atoms with van der Waals surface area (Å²) in [7, 11) is 0. The van der Waals surface area contributed by atoms with E-state index in [9.17, 15) is 52.7 Å². The maximum absolute atomic E-state index is 13.7. The van der Waals surface area contributed by atoms with Gasteiger partial charge in [0.1, 0.15) is 11.5 Å². The van der Waals surface area contributed by atoms with Gasteiger partial charge in [0.05, 0.1) is 19.6 Å². The van der Waals surface area contributed by atoms with Crippen molar-refractivity contribution < 1.29 is 71.6 Å². The lowest BCUT2D eigenvalue weighted by Crippen LogP contribution is -2.42.